The number of amides is 4. The van der Waals surface area contributed by atoms with Crippen LogP contribution in [0.1, 0.15) is 20.3 Å². The van der Waals surface area contributed by atoms with Crippen molar-refractivity contribution in [3.63, 3.8) is 0 Å². The predicted octanol–water partition coefficient (Wildman–Crippen LogP) is 1.99. The number of nitro benzene ring substituents is 1. The third kappa shape index (κ3) is 7.61. The van der Waals surface area contributed by atoms with Crippen LogP contribution < -0.4 is 50.2 Å². The molecule has 2 heterocycles. The van der Waals surface area contributed by atoms with Gasteiger partial charge >= 0.3 is 35.6 Å². The Bertz CT molecular complexity index is 2310. The first kappa shape index (κ1) is 36.7. The monoisotopic (exact) mass is 721 g/mol. The molecule has 51 heavy (non-hydrogen) atoms. The molecule has 254 valence electrons. The number of azo groups is 1. The van der Waals surface area contributed by atoms with Crippen LogP contribution in [0.5, 0.6) is 5.75 Å². The molecule has 18 nitrogen and oxygen atoms in total. The van der Waals surface area contributed by atoms with E-state index in [2.05, 4.69) is 31.1 Å². The van der Waals surface area contributed by atoms with E-state index in [1.54, 1.807) is 43.3 Å². The summed E-state index contributed by atoms with van der Waals surface area (Å²) in [6.45, 7) is 3.28. The van der Waals surface area contributed by atoms with Crippen LogP contribution in [0.25, 0.3) is 10.8 Å². The quantitative estimate of drug-likeness (QED) is 0.0790. The van der Waals surface area contributed by atoms with Gasteiger partial charge in [0.25, 0.3) is 17.5 Å². The van der Waals surface area contributed by atoms with Crippen LogP contribution in [0.4, 0.5) is 38.9 Å². The average molecular weight is 722 g/mol. The third-order valence-corrected chi connectivity index (χ3v) is 8.41. The van der Waals surface area contributed by atoms with Crippen molar-refractivity contribution in [3.8, 4) is 5.75 Å². The van der Waals surface area contributed by atoms with Gasteiger partial charge in [-0.25, -0.2) is 18.2 Å². The van der Waals surface area contributed by atoms with E-state index in [1.807, 2.05) is 0 Å². The summed E-state index contributed by atoms with van der Waals surface area (Å²) in [7, 11) is -5.15. The molecule has 3 N–H and O–H groups in total. The van der Waals surface area contributed by atoms with Crippen LogP contribution in [0, 0.1) is 10.1 Å². The minimum Gasteiger partial charge on any atom is -0.744 e. The summed E-state index contributed by atoms with van der Waals surface area (Å²) in [5.41, 5.74) is 1.86. The smallest absolute Gasteiger partial charge is 0.744 e. The van der Waals surface area contributed by atoms with Gasteiger partial charge in [-0.1, -0.05) is 0 Å². The Kier molecular flexibility index (Phi) is 10.3. The first-order chi connectivity index (χ1) is 23.7. The summed E-state index contributed by atoms with van der Waals surface area (Å²) in [5, 5.41) is 45.5. The van der Waals surface area contributed by atoms with Gasteiger partial charge in [0.05, 0.1) is 33.3 Å². The van der Waals surface area contributed by atoms with Gasteiger partial charge in [-0.15, -0.1) is 0 Å². The van der Waals surface area contributed by atoms with E-state index >= 15 is 0 Å². The molecule has 4 amide bonds. The van der Waals surface area contributed by atoms with E-state index in [0.717, 1.165) is 23.2 Å². The van der Waals surface area contributed by atoms with Gasteiger partial charge in [0.15, 0.2) is 6.04 Å². The summed E-state index contributed by atoms with van der Waals surface area (Å²) in [6.07, 6.45) is 0.252. The molecule has 0 fully saturated rings. The molecule has 1 atom stereocenters. The fourth-order valence-electron chi connectivity index (χ4n) is 5.19. The van der Waals surface area contributed by atoms with Crippen molar-refractivity contribution in [3.05, 3.63) is 82.9 Å². The molecular formula is C31H24N9NaO9S. The fourth-order valence-corrected chi connectivity index (χ4v) is 5.88. The van der Waals surface area contributed by atoms with Crippen LogP contribution in [-0.4, -0.2) is 58.3 Å². The zero-order valence-corrected chi connectivity index (χ0v) is 29.8. The van der Waals surface area contributed by atoms with Crippen LogP contribution in [-0.2, 0) is 19.7 Å². The minimum absolute atomic E-state index is 0. The fraction of sp³-hybridized carbons (Fsp3) is 0.129. The number of aromatic hydroxyl groups is 1. The summed E-state index contributed by atoms with van der Waals surface area (Å²) >= 11 is 0. The molecule has 2 aliphatic rings. The van der Waals surface area contributed by atoms with E-state index in [0.29, 0.717) is 34.5 Å². The Morgan fingerprint density at radius 1 is 0.922 bits per heavy atom. The molecule has 6 rings (SSSR count). The van der Waals surface area contributed by atoms with Crippen LogP contribution in [0.15, 0.2) is 98.1 Å². The molecule has 0 spiro atoms. The molecule has 1 unspecified atom stereocenters. The first-order valence-electron chi connectivity index (χ1n) is 14.5. The average Bonchev–Trinajstić information content (AvgIpc) is 3.55. The number of urea groups is 1. The number of benzene rings is 4. The van der Waals surface area contributed by atoms with E-state index < -0.39 is 49.4 Å². The largest absolute Gasteiger partial charge is 1.00 e. The Morgan fingerprint density at radius 3 is 2.04 bits per heavy atom. The minimum atomic E-state index is -5.15. The standard InChI is InChI=1S/C31H25N9O9S.Na/c1-16-13-27(42)38(36-16)20-7-3-18(4-8-20)32-31(44)33-19-5-9-21(10-6-19)39-30(43)28(17(2)37-39)34-35-29-23-12-11-22(40(45)46)14-24(23)26(15-25(29)41)50(47,48)49;/h3-12,14-15,28,41H,13H2,1-2H3,(H2,32,33,44)(H,47,48,49);/q;+1/p-1. The molecule has 0 saturated heterocycles. The maximum Gasteiger partial charge on any atom is 1.00 e. The van der Waals surface area contributed by atoms with Crippen LogP contribution >= 0.6 is 0 Å². The number of nitrogens with one attached hydrogen (secondary N) is 2. The van der Waals surface area contributed by atoms with Crippen molar-refractivity contribution in [2.45, 2.75) is 31.2 Å². The number of nitro groups is 1. The molecular weight excluding hydrogens is 697 g/mol. The van der Waals surface area contributed by atoms with Gasteiger partial charge in [-0.3, -0.25) is 19.7 Å². The van der Waals surface area contributed by atoms with Gasteiger partial charge in [-0.05, 0) is 68.4 Å². The Balaban J connectivity index is 0.00000504. The van der Waals surface area contributed by atoms with E-state index in [4.69, 9.17) is 0 Å². The summed E-state index contributed by atoms with van der Waals surface area (Å²) in [6, 6.07) is 14.5. The van der Waals surface area contributed by atoms with Crippen molar-refractivity contribution in [1.82, 2.24) is 0 Å². The summed E-state index contributed by atoms with van der Waals surface area (Å²) in [4.78, 5) is 47.5. The Labute approximate surface area is 310 Å². The van der Waals surface area contributed by atoms with Gasteiger partial charge in [0.2, 0.25) is 0 Å². The Morgan fingerprint density at radius 2 is 1.51 bits per heavy atom. The molecule has 2 aliphatic heterocycles. The maximum atomic E-state index is 13.3. The number of anilines is 4. The van der Waals surface area contributed by atoms with Gasteiger partial charge in [0, 0.05) is 46.1 Å². The molecule has 4 aromatic carbocycles. The number of fused-ring (bicyclic) bond motifs is 1. The molecule has 0 bridgehead atoms. The summed E-state index contributed by atoms with van der Waals surface area (Å²) in [5.74, 6) is -1.52. The normalized spacial score (nSPS) is 15.9. The number of hydrazone groups is 2. The van der Waals surface area contributed by atoms with E-state index in [-0.39, 0.29) is 64.1 Å². The molecule has 4 aromatic rings. The number of phenols is 1. The molecule has 0 saturated carbocycles. The Hall–Kier alpha value is -5.60. The van der Waals surface area contributed by atoms with E-state index in [9.17, 15) is 42.6 Å². The zero-order chi connectivity index (χ0) is 35.9. The van der Waals surface area contributed by atoms with Gasteiger partial charge in [-0.2, -0.15) is 25.4 Å². The van der Waals surface area contributed by atoms with Crippen molar-refractivity contribution < 1.29 is 66.9 Å². The number of carbonyl (C=O) groups excluding carboxylic acids is 3. The molecule has 20 heteroatoms. The number of hydrogen-bond acceptors (Lipinski definition) is 13. The van der Waals surface area contributed by atoms with Crippen molar-refractivity contribution in [2.24, 2.45) is 20.4 Å². The number of hydrogen-bond donors (Lipinski definition) is 3. The topological polar surface area (TPSA) is 252 Å². The molecule has 0 radical (unpaired) electrons. The van der Waals surface area contributed by atoms with Crippen LogP contribution in [0.3, 0.4) is 0 Å². The second kappa shape index (κ2) is 14.3. The first-order valence-corrected chi connectivity index (χ1v) is 16.0. The van der Waals surface area contributed by atoms with E-state index in [1.165, 1.54) is 24.1 Å². The van der Waals surface area contributed by atoms with Gasteiger partial charge < -0.3 is 20.3 Å². The van der Waals surface area contributed by atoms with Crippen molar-refractivity contribution in [1.29, 1.82) is 0 Å². The summed E-state index contributed by atoms with van der Waals surface area (Å²) < 4.78 is 35.5. The SMILES string of the molecule is CC1=NN(c2ccc(NC(=O)Nc3ccc(N4N=C(C)C(N=Nc5c(O)cc(S(=O)(=O)[O-])c6cc([N+](=O)[O-])ccc56)C4=O)cc3)cc2)C(=O)C1.[Na+]. The van der Waals surface area contributed by atoms with Crippen molar-refractivity contribution >= 4 is 84.3 Å². The van der Waals surface area contributed by atoms with Crippen molar-refractivity contribution in [2.75, 3.05) is 20.7 Å². The molecule has 0 aliphatic carbocycles. The number of rotatable bonds is 8. The van der Waals surface area contributed by atoms with Gasteiger partial charge in [0.1, 0.15) is 21.6 Å². The second-order valence-corrected chi connectivity index (χ2v) is 12.4. The zero-order valence-electron chi connectivity index (χ0n) is 27.0. The number of nitrogens with zero attached hydrogens (tertiary/aromatic N) is 7. The third-order valence-electron chi connectivity index (χ3n) is 7.54. The second-order valence-electron chi connectivity index (χ2n) is 11.1. The maximum absolute atomic E-state index is 13.3. The number of carbonyl (C=O) groups is 3. The number of phenolic OH excluding ortho intramolecular Hbond substituents is 1. The molecule has 0 aromatic heterocycles. The number of non-ortho nitro benzene ring substituents is 1. The van der Waals surface area contributed by atoms with Crippen LogP contribution in [0.2, 0.25) is 0 Å². The predicted molar refractivity (Wildman–Crippen MR) is 180 cm³/mol.